The van der Waals surface area contributed by atoms with Gasteiger partial charge < -0.3 is 10.2 Å². The zero-order valence-corrected chi connectivity index (χ0v) is 12.8. The van der Waals surface area contributed by atoms with Gasteiger partial charge >= 0.3 is 0 Å². The molecule has 0 atom stereocenters. The third-order valence-electron chi connectivity index (χ3n) is 3.44. The number of nitrogens with zero attached hydrogens (tertiary/aromatic N) is 2. The van der Waals surface area contributed by atoms with Crippen molar-refractivity contribution in [2.24, 2.45) is 0 Å². The predicted molar refractivity (Wildman–Crippen MR) is 82.1 cm³/mol. The third kappa shape index (κ3) is 4.22. The van der Waals surface area contributed by atoms with Gasteiger partial charge in [-0.25, -0.2) is 4.98 Å². The molecule has 0 aliphatic carbocycles. The highest BCUT2D eigenvalue weighted by Crippen LogP contribution is 2.18. The maximum atomic E-state index is 12.0. The second-order valence-corrected chi connectivity index (χ2v) is 6.51. The SMILES string of the molecule is CC(C)(C)NC(=O)c1ccc(N2CCCCCC2)cn1. The van der Waals surface area contributed by atoms with Crippen molar-refractivity contribution >= 4 is 11.6 Å². The lowest BCUT2D eigenvalue weighted by Gasteiger charge is -2.23. The Morgan fingerprint density at radius 2 is 1.80 bits per heavy atom. The average molecular weight is 275 g/mol. The summed E-state index contributed by atoms with van der Waals surface area (Å²) in [5, 5.41) is 2.93. The average Bonchev–Trinajstić information content (AvgIpc) is 2.66. The molecule has 20 heavy (non-hydrogen) atoms. The molecule has 110 valence electrons. The molecular weight excluding hydrogens is 250 g/mol. The van der Waals surface area contributed by atoms with Crippen LogP contribution in [0.4, 0.5) is 5.69 Å². The van der Waals surface area contributed by atoms with Crippen LogP contribution in [0.2, 0.25) is 0 Å². The first-order valence-corrected chi connectivity index (χ1v) is 7.49. The van der Waals surface area contributed by atoms with Crippen LogP contribution in [0, 0.1) is 0 Å². The summed E-state index contributed by atoms with van der Waals surface area (Å²) in [6, 6.07) is 3.83. The van der Waals surface area contributed by atoms with E-state index in [1.807, 2.05) is 39.1 Å². The van der Waals surface area contributed by atoms with Crippen molar-refractivity contribution < 1.29 is 4.79 Å². The van der Waals surface area contributed by atoms with E-state index in [1.54, 1.807) is 0 Å². The summed E-state index contributed by atoms with van der Waals surface area (Å²) >= 11 is 0. The van der Waals surface area contributed by atoms with Crippen LogP contribution in [-0.2, 0) is 0 Å². The van der Waals surface area contributed by atoms with Gasteiger partial charge in [0, 0.05) is 18.6 Å². The van der Waals surface area contributed by atoms with Crippen LogP contribution in [0.1, 0.15) is 56.9 Å². The Labute approximate surface area is 121 Å². The Balaban J connectivity index is 2.03. The molecule has 0 aromatic carbocycles. The summed E-state index contributed by atoms with van der Waals surface area (Å²) in [5.41, 5.74) is 1.38. The number of aromatic nitrogens is 1. The van der Waals surface area contributed by atoms with Crippen molar-refractivity contribution in [3.05, 3.63) is 24.0 Å². The van der Waals surface area contributed by atoms with Crippen LogP contribution in [-0.4, -0.2) is 29.5 Å². The first-order chi connectivity index (χ1) is 9.46. The van der Waals surface area contributed by atoms with Crippen molar-refractivity contribution in [1.29, 1.82) is 0 Å². The summed E-state index contributed by atoms with van der Waals surface area (Å²) in [7, 11) is 0. The maximum absolute atomic E-state index is 12.0. The zero-order chi connectivity index (χ0) is 14.6. The summed E-state index contributed by atoms with van der Waals surface area (Å²) < 4.78 is 0. The highest BCUT2D eigenvalue weighted by Gasteiger charge is 2.17. The van der Waals surface area contributed by atoms with Gasteiger partial charge in [-0.2, -0.15) is 0 Å². The Kier molecular flexibility index (Phi) is 4.63. The lowest BCUT2D eigenvalue weighted by atomic mass is 10.1. The molecule has 0 saturated carbocycles. The van der Waals surface area contributed by atoms with Gasteiger partial charge in [0.1, 0.15) is 5.69 Å². The van der Waals surface area contributed by atoms with E-state index >= 15 is 0 Å². The Morgan fingerprint density at radius 1 is 1.15 bits per heavy atom. The third-order valence-corrected chi connectivity index (χ3v) is 3.44. The molecule has 1 aliphatic heterocycles. The van der Waals surface area contributed by atoms with Crippen molar-refractivity contribution in [2.75, 3.05) is 18.0 Å². The normalized spacial score (nSPS) is 16.6. The fraction of sp³-hybridized carbons (Fsp3) is 0.625. The van der Waals surface area contributed by atoms with E-state index in [1.165, 1.54) is 25.7 Å². The molecule has 0 unspecified atom stereocenters. The monoisotopic (exact) mass is 275 g/mol. The summed E-state index contributed by atoms with van der Waals surface area (Å²) in [4.78, 5) is 18.7. The van der Waals surface area contributed by atoms with Crippen molar-refractivity contribution in [3.8, 4) is 0 Å². The van der Waals surface area contributed by atoms with E-state index in [9.17, 15) is 4.79 Å². The van der Waals surface area contributed by atoms with Crippen LogP contribution in [0.3, 0.4) is 0 Å². The van der Waals surface area contributed by atoms with Crippen LogP contribution >= 0.6 is 0 Å². The van der Waals surface area contributed by atoms with E-state index in [2.05, 4.69) is 15.2 Å². The largest absolute Gasteiger partial charge is 0.370 e. The van der Waals surface area contributed by atoms with Crippen LogP contribution in [0.5, 0.6) is 0 Å². The van der Waals surface area contributed by atoms with E-state index in [4.69, 9.17) is 0 Å². The Hall–Kier alpha value is -1.58. The van der Waals surface area contributed by atoms with Crippen molar-refractivity contribution in [1.82, 2.24) is 10.3 Å². The van der Waals surface area contributed by atoms with Gasteiger partial charge in [0.15, 0.2) is 0 Å². The second-order valence-electron chi connectivity index (χ2n) is 6.51. The summed E-state index contributed by atoms with van der Waals surface area (Å²) in [5.74, 6) is -0.111. The molecule has 1 aromatic rings. The molecular formula is C16H25N3O. The predicted octanol–water partition coefficient (Wildman–Crippen LogP) is 2.99. The lowest BCUT2D eigenvalue weighted by Crippen LogP contribution is -2.40. The molecule has 4 nitrogen and oxygen atoms in total. The highest BCUT2D eigenvalue weighted by molar-refractivity contribution is 5.92. The topological polar surface area (TPSA) is 45.2 Å². The minimum Gasteiger partial charge on any atom is -0.370 e. The number of pyridine rings is 1. The first-order valence-electron chi connectivity index (χ1n) is 7.49. The number of carbonyl (C=O) groups is 1. The molecule has 0 radical (unpaired) electrons. The molecule has 1 fully saturated rings. The van der Waals surface area contributed by atoms with Gasteiger partial charge in [-0.05, 0) is 45.7 Å². The number of anilines is 1. The van der Waals surface area contributed by atoms with Crippen molar-refractivity contribution in [2.45, 2.75) is 52.0 Å². The molecule has 0 bridgehead atoms. The second kappa shape index (κ2) is 6.25. The first kappa shape index (κ1) is 14.8. The van der Waals surface area contributed by atoms with E-state index in [0.29, 0.717) is 5.69 Å². The minimum absolute atomic E-state index is 0.111. The Bertz CT molecular complexity index is 440. The van der Waals surface area contributed by atoms with Crippen LogP contribution < -0.4 is 10.2 Å². The standard InChI is InChI=1S/C16H25N3O/c1-16(2,3)18-15(20)14-9-8-13(12-17-14)19-10-6-4-5-7-11-19/h8-9,12H,4-7,10-11H2,1-3H3,(H,18,20). The fourth-order valence-electron chi connectivity index (χ4n) is 2.44. The number of rotatable bonds is 2. The molecule has 1 aliphatic rings. The minimum atomic E-state index is -0.234. The van der Waals surface area contributed by atoms with E-state index in [-0.39, 0.29) is 11.4 Å². The van der Waals surface area contributed by atoms with Gasteiger partial charge in [-0.3, -0.25) is 4.79 Å². The van der Waals surface area contributed by atoms with Crippen molar-refractivity contribution in [3.63, 3.8) is 0 Å². The molecule has 1 N–H and O–H groups in total. The van der Waals surface area contributed by atoms with E-state index in [0.717, 1.165) is 18.8 Å². The number of nitrogens with one attached hydrogen (secondary N) is 1. The molecule has 2 rings (SSSR count). The fourth-order valence-corrected chi connectivity index (χ4v) is 2.44. The van der Waals surface area contributed by atoms with Gasteiger partial charge in [0.25, 0.3) is 5.91 Å². The van der Waals surface area contributed by atoms with Crippen LogP contribution in [0.15, 0.2) is 18.3 Å². The molecule has 0 spiro atoms. The summed E-state index contributed by atoms with van der Waals surface area (Å²) in [6.07, 6.45) is 6.94. The number of hydrogen-bond acceptors (Lipinski definition) is 3. The molecule has 1 saturated heterocycles. The smallest absolute Gasteiger partial charge is 0.270 e. The van der Waals surface area contributed by atoms with E-state index < -0.39 is 0 Å². The van der Waals surface area contributed by atoms with Gasteiger partial charge in [0.05, 0.1) is 11.9 Å². The lowest BCUT2D eigenvalue weighted by molar-refractivity contribution is 0.0914. The van der Waals surface area contributed by atoms with Gasteiger partial charge in [-0.1, -0.05) is 12.8 Å². The number of hydrogen-bond donors (Lipinski definition) is 1. The number of amides is 1. The molecule has 4 heteroatoms. The van der Waals surface area contributed by atoms with Gasteiger partial charge in [-0.15, -0.1) is 0 Å². The Morgan fingerprint density at radius 3 is 2.30 bits per heavy atom. The molecule has 2 heterocycles. The van der Waals surface area contributed by atoms with Crippen LogP contribution in [0.25, 0.3) is 0 Å². The van der Waals surface area contributed by atoms with Gasteiger partial charge in [0.2, 0.25) is 0 Å². The maximum Gasteiger partial charge on any atom is 0.270 e. The molecule has 1 amide bonds. The summed E-state index contributed by atoms with van der Waals surface area (Å²) in [6.45, 7) is 8.09. The quantitative estimate of drug-likeness (QED) is 0.902. The number of carbonyl (C=O) groups excluding carboxylic acids is 1. The molecule has 1 aromatic heterocycles. The highest BCUT2D eigenvalue weighted by atomic mass is 16.2. The zero-order valence-electron chi connectivity index (χ0n) is 12.8.